The Hall–Kier alpha value is 0.353. The maximum atomic E-state index is 9.99. The van der Waals surface area contributed by atoms with Gasteiger partial charge in [-0.3, -0.25) is 0 Å². The Morgan fingerprint density at radius 3 is 2.50 bits per heavy atom. The van der Waals surface area contributed by atoms with Crippen LogP contribution in [-0.2, 0) is 7.61 Å². The van der Waals surface area contributed by atoms with E-state index in [0.717, 1.165) is 0 Å². The van der Waals surface area contributed by atoms with E-state index >= 15 is 0 Å². The Morgan fingerprint density at radius 1 is 2.00 bits per heavy atom. The van der Waals surface area contributed by atoms with Crippen molar-refractivity contribution < 1.29 is 7.61 Å². The summed E-state index contributed by atoms with van der Waals surface area (Å²) in [6.45, 7) is 1.77. The first kappa shape index (κ1) is 6.35. The van der Waals surface area contributed by atoms with E-state index in [4.69, 9.17) is 0 Å². The van der Waals surface area contributed by atoms with E-state index in [2.05, 4.69) is 2.81 Å². The van der Waals surface area contributed by atoms with Crippen molar-refractivity contribution in [3.63, 3.8) is 0 Å². The maximum absolute atomic E-state index is 9.99. The Bertz CT molecular complexity index is 46.8. The fourth-order valence-electron chi connectivity index (χ4n) is 0.0645. The molecule has 0 aliphatic carbocycles. The van der Waals surface area contributed by atoms with Gasteiger partial charge in [-0.15, -0.1) is 0 Å². The summed E-state index contributed by atoms with van der Waals surface area (Å²) in [6, 6.07) is 0. The molecule has 0 aliphatic rings. The summed E-state index contributed by atoms with van der Waals surface area (Å²) in [4.78, 5) is 9.99. The summed E-state index contributed by atoms with van der Waals surface area (Å²) in [5, 5.41) is 0. The molecule has 2 radical (unpaired) electrons. The van der Waals surface area contributed by atoms with Gasteiger partial charge >= 0.3 is 52.1 Å². The van der Waals surface area contributed by atoms with Crippen LogP contribution in [0, 0.1) is 0 Å². The van der Waals surface area contributed by atoms with Gasteiger partial charge in [0.2, 0.25) is 0 Å². The van der Waals surface area contributed by atoms with Crippen molar-refractivity contribution in [2.24, 2.45) is 0 Å². The number of carbonyl (C=O) groups excluding carboxylic acids is 1. The Morgan fingerprint density at radius 2 is 2.50 bits per heavy atom. The second-order valence-electron chi connectivity index (χ2n) is 0.817. The Kier molecular flexibility index (Phi) is 3.75. The molecule has 6 heavy (non-hydrogen) atoms. The van der Waals surface area contributed by atoms with Gasteiger partial charge in [0.15, 0.2) is 0 Å². The third-order valence-corrected chi connectivity index (χ3v) is 1.18. The number of carbonyl (C=O) groups is 1. The molecule has 0 saturated carbocycles. The fourth-order valence-corrected chi connectivity index (χ4v) is 0.566. The van der Waals surface area contributed by atoms with Crippen LogP contribution in [0.15, 0.2) is 0 Å². The fraction of sp³-hybridized carbons (Fsp3) is 0.667. The molecule has 0 bridgehead atoms. The van der Waals surface area contributed by atoms with Crippen molar-refractivity contribution in [3.05, 3.63) is 0 Å². The number of hydrogen-bond acceptors (Lipinski definition) is 2. The standard InChI is InChI=1S/C3H6O2.Bi/c1-2-3(4)5;/h2H2,1H3,(H,4,5);/q;+1/p-1. The van der Waals surface area contributed by atoms with E-state index in [9.17, 15) is 4.79 Å². The second-order valence-corrected chi connectivity index (χ2v) is 1.53. The molecule has 0 spiro atoms. The van der Waals surface area contributed by atoms with E-state index in [-0.39, 0.29) is 5.97 Å². The molecular weight excluding hydrogens is 277 g/mol. The summed E-state index contributed by atoms with van der Waals surface area (Å²) < 4.78 is 4.37. The zero-order valence-electron chi connectivity index (χ0n) is 3.47. The van der Waals surface area contributed by atoms with Crippen LogP contribution in [0.2, 0.25) is 0 Å². The predicted octanol–water partition coefficient (Wildman–Crippen LogP) is 0.0231. The van der Waals surface area contributed by atoms with E-state index in [0.29, 0.717) is 31.6 Å². The van der Waals surface area contributed by atoms with Gasteiger partial charge in [0.05, 0.1) is 0 Å². The van der Waals surface area contributed by atoms with Crippen LogP contribution >= 0.6 is 0 Å². The zero-order chi connectivity index (χ0) is 4.99. The quantitative estimate of drug-likeness (QED) is 0.634. The van der Waals surface area contributed by atoms with Crippen LogP contribution in [0.5, 0.6) is 0 Å². The molecule has 0 amide bonds. The minimum atomic E-state index is -0.108. The molecule has 0 atom stereocenters. The van der Waals surface area contributed by atoms with Crippen LogP contribution in [0.3, 0.4) is 0 Å². The third kappa shape index (κ3) is 2.58. The van der Waals surface area contributed by atoms with E-state index in [1.165, 1.54) is 0 Å². The molecule has 0 aromatic rings. The molecule has 0 aromatic heterocycles. The summed E-state index contributed by atoms with van der Waals surface area (Å²) in [5.74, 6) is -0.108. The Balaban J connectivity index is 2.99. The summed E-state index contributed by atoms with van der Waals surface area (Å²) in [5.41, 5.74) is 0. The third-order valence-electron chi connectivity index (χ3n) is 0.390. The summed E-state index contributed by atoms with van der Waals surface area (Å²) in [6.07, 6.45) is 0.497. The molecule has 0 N–H and O–H groups in total. The van der Waals surface area contributed by atoms with Gasteiger partial charge in [0.1, 0.15) is 0 Å². The molecule has 0 unspecified atom stereocenters. The van der Waals surface area contributed by atoms with Crippen molar-refractivity contribution in [1.29, 1.82) is 0 Å². The van der Waals surface area contributed by atoms with Crippen LogP contribution < -0.4 is 0 Å². The average Bonchev–Trinajstić information content (AvgIpc) is 1.65. The van der Waals surface area contributed by atoms with Gasteiger partial charge in [-0.1, -0.05) is 0 Å². The van der Waals surface area contributed by atoms with Crippen LogP contribution in [-0.4, -0.2) is 31.1 Å². The molecule has 0 fully saturated rings. The second kappa shape index (κ2) is 3.54. The minimum absolute atomic E-state index is 0.108. The van der Waals surface area contributed by atoms with Crippen molar-refractivity contribution in [3.8, 4) is 0 Å². The average molecular weight is 282 g/mol. The van der Waals surface area contributed by atoms with Crippen molar-refractivity contribution in [2.75, 3.05) is 0 Å². The van der Waals surface area contributed by atoms with Crippen molar-refractivity contribution in [1.82, 2.24) is 0 Å². The molecule has 0 rings (SSSR count). The topological polar surface area (TPSA) is 26.3 Å². The molecule has 0 saturated heterocycles. The zero-order valence-corrected chi connectivity index (χ0v) is 6.95. The summed E-state index contributed by atoms with van der Waals surface area (Å²) in [7, 11) is 0. The van der Waals surface area contributed by atoms with Gasteiger partial charge in [0, 0.05) is 0 Å². The Labute approximate surface area is 52.3 Å². The van der Waals surface area contributed by atoms with E-state index < -0.39 is 0 Å². The number of rotatable bonds is 1. The van der Waals surface area contributed by atoms with Crippen LogP contribution in [0.4, 0.5) is 0 Å². The first-order chi connectivity index (χ1) is 2.81. The summed E-state index contributed by atoms with van der Waals surface area (Å²) >= 11 is 0.703. The van der Waals surface area contributed by atoms with Gasteiger partial charge in [-0.05, 0) is 0 Å². The predicted molar refractivity (Wildman–Crippen MR) is 22.1 cm³/mol. The molecule has 2 nitrogen and oxygen atoms in total. The van der Waals surface area contributed by atoms with Crippen molar-refractivity contribution in [2.45, 2.75) is 13.3 Å². The van der Waals surface area contributed by atoms with Crippen molar-refractivity contribution >= 4 is 31.1 Å². The first-order valence-corrected chi connectivity index (χ1v) is 3.07. The van der Waals surface area contributed by atoms with Gasteiger partial charge in [-0.2, -0.15) is 0 Å². The van der Waals surface area contributed by atoms with Crippen LogP contribution in [0.1, 0.15) is 13.3 Å². The SMILES string of the molecule is CCC(=O)[O][Bi]. The van der Waals surface area contributed by atoms with E-state index in [1.807, 2.05) is 0 Å². The van der Waals surface area contributed by atoms with Gasteiger partial charge in [-0.25, -0.2) is 0 Å². The first-order valence-electron chi connectivity index (χ1n) is 1.65. The molecule has 0 heterocycles. The molecule has 0 aliphatic heterocycles. The van der Waals surface area contributed by atoms with E-state index in [1.54, 1.807) is 6.92 Å². The van der Waals surface area contributed by atoms with Gasteiger partial charge in [0.25, 0.3) is 0 Å². The molecular formula is C3H5BiO2. The molecule has 34 valence electrons. The van der Waals surface area contributed by atoms with Crippen LogP contribution in [0.25, 0.3) is 0 Å². The number of hydrogen-bond donors (Lipinski definition) is 0. The molecule has 3 heteroatoms. The monoisotopic (exact) mass is 282 g/mol. The van der Waals surface area contributed by atoms with Gasteiger partial charge < -0.3 is 0 Å². The molecule has 0 aromatic carbocycles. The normalized spacial score (nSPS) is 7.67.